The summed E-state index contributed by atoms with van der Waals surface area (Å²) in [5, 5.41) is 11.1. The van der Waals surface area contributed by atoms with Crippen molar-refractivity contribution in [1.82, 2.24) is 19.6 Å². The number of rotatable bonds is 5. The zero-order chi connectivity index (χ0) is 14.5. The minimum Gasteiger partial charge on any atom is -0.320 e. The number of aromatic nitrogens is 4. The number of amides is 1. The maximum atomic E-state index is 11.8. The van der Waals surface area contributed by atoms with E-state index < -0.39 is 0 Å². The van der Waals surface area contributed by atoms with Gasteiger partial charge in [0.25, 0.3) is 0 Å². The maximum Gasteiger partial charge on any atom is 0.248 e. The van der Waals surface area contributed by atoms with Gasteiger partial charge in [-0.15, -0.1) is 0 Å². The number of hydrogen-bond acceptors (Lipinski definition) is 3. The van der Waals surface area contributed by atoms with Crippen molar-refractivity contribution in [3.05, 3.63) is 35.9 Å². The quantitative estimate of drug-likeness (QED) is 0.848. The standard InChI is InChI=1S/C14H19N5O/c1-4-18-10-12(8-15-18)6-7-14(20)17-13-9-16-19(5-2)11(13)3/h6-10H,4-5H2,1-3H3,(H,17,20)/b7-6+. The van der Waals surface area contributed by atoms with Gasteiger partial charge in [0.2, 0.25) is 5.91 Å². The van der Waals surface area contributed by atoms with E-state index in [4.69, 9.17) is 0 Å². The van der Waals surface area contributed by atoms with E-state index in [0.717, 1.165) is 30.0 Å². The molecule has 0 aliphatic rings. The lowest BCUT2D eigenvalue weighted by Crippen LogP contribution is -2.09. The molecule has 2 rings (SSSR count). The predicted octanol–water partition coefficient (Wildman–Crippen LogP) is 2.08. The first-order valence-electron chi connectivity index (χ1n) is 6.68. The molecule has 0 atom stereocenters. The third kappa shape index (κ3) is 3.14. The highest BCUT2D eigenvalue weighted by Crippen LogP contribution is 2.13. The van der Waals surface area contributed by atoms with Gasteiger partial charge in [0, 0.05) is 30.9 Å². The van der Waals surface area contributed by atoms with Gasteiger partial charge in [0.15, 0.2) is 0 Å². The van der Waals surface area contributed by atoms with Crippen LogP contribution in [0.3, 0.4) is 0 Å². The normalized spacial score (nSPS) is 11.2. The summed E-state index contributed by atoms with van der Waals surface area (Å²) in [4.78, 5) is 11.8. The Morgan fingerprint density at radius 1 is 1.30 bits per heavy atom. The van der Waals surface area contributed by atoms with Crippen LogP contribution in [-0.4, -0.2) is 25.5 Å². The molecule has 0 spiro atoms. The summed E-state index contributed by atoms with van der Waals surface area (Å²) >= 11 is 0. The predicted molar refractivity (Wildman–Crippen MR) is 78.2 cm³/mol. The van der Waals surface area contributed by atoms with Crippen LogP contribution in [0.2, 0.25) is 0 Å². The third-order valence-corrected chi connectivity index (χ3v) is 3.06. The second-order valence-corrected chi connectivity index (χ2v) is 4.41. The van der Waals surface area contributed by atoms with Crippen LogP contribution in [-0.2, 0) is 17.9 Å². The van der Waals surface area contributed by atoms with Crippen LogP contribution in [0.5, 0.6) is 0 Å². The van der Waals surface area contributed by atoms with Crippen LogP contribution >= 0.6 is 0 Å². The SMILES string of the molecule is CCn1cc(/C=C/C(=O)Nc2cnn(CC)c2C)cn1. The molecule has 2 heterocycles. The van der Waals surface area contributed by atoms with Gasteiger partial charge in [-0.2, -0.15) is 10.2 Å². The molecular formula is C14H19N5O. The van der Waals surface area contributed by atoms with Crippen molar-refractivity contribution in [2.75, 3.05) is 5.32 Å². The molecule has 0 saturated carbocycles. The number of anilines is 1. The Morgan fingerprint density at radius 2 is 2.10 bits per heavy atom. The van der Waals surface area contributed by atoms with Gasteiger partial charge in [0.05, 0.1) is 23.8 Å². The fourth-order valence-corrected chi connectivity index (χ4v) is 1.87. The molecule has 0 radical (unpaired) electrons. The van der Waals surface area contributed by atoms with Crippen LogP contribution in [0.1, 0.15) is 25.1 Å². The molecule has 0 aromatic carbocycles. The van der Waals surface area contributed by atoms with Gasteiger partial charge in [-0.3, -0.25) is 14.2 Å². The molecule has 2 aromatic rings. The van der Waals surface area contributed by atoms with E-state index >= 15 is 0 Å². The van der Waals surface area contributed by atoms with Crippen LogP contribution in [0, 0.1) is 6.92 Å². The average Bonchev–Trinajstić information content (AvgIpc) is 3.04. The van der Waals surface area contributed by atoms with E-state index in [0.29, 0.717) is 0 Å². The number of nitrogens with zero attached hydrogens (tertiary/aromatic N) is 4. The molecule has 20 heavy (non-hydrogen) atoms. The van der Waals surface area contributed by atoms with Crippen molar-refractivity contribution in [1.29, 1.82) is 0 Å². The highest BCUT2D eigenvalue weighted by Gasteiger charge is 2.06. The van der Waals surface area contributed by atoms with E-state index in [1.807, 2.05) is 36.3 Å². The third-order valence-electron chi connectivity index (χ3n) is 3.06. The monoisotopic (exact) mass is 273 g/mol. The molecule has 0 saturated heterocycles. The Bertz CT molecular complexity index is 623. The lowest BCUT2D eigenvalue weighted by atomic mass is 10.3. The van der Waals surface area contributed by atoms with Crippen LogP contribution in [0.25, 0.3) is 6.08 Å². The summed E-state index contributed by atoms with van der Waals surface area (Å²) in [5.41, 5.74) is 2.60. The zero-order valence-corrected chi connectivity index (χ0v) is 12.0. The number of aryl methyl sites for hydroxylation is 2. The molecule has 0 bridgehead atoms. The second-order valence-electron chi connectivity index (χ2n) is 4.41. The smallest absolute Gasteiger partial charge is 0.248 e. The summed E-state index contributed by atoms with van der Waals surface area (Å²) in [6.45, 7) is 7.56. The summed E-state index contributed by atoms with van der Waals surface area (Å²) in [5.74, 6) is -0.173. The summed E-state index contributed by atoms with van der Waals surface area (Å²) in [6.07, 6.45) is 8.53. The molecule has 0 aliphatic carbocycles. The van der Waals surface area contributed by atoms with Crippen LogP contribution in [0.4, 0.5) is 5.69 Å². The number of hydrogen-bond donors (Lipinski definition) is 1. The largest absolute Gasteiger partial charge is 0.320 e. The van der Waals surface area contributed by atoms with E-state index in [1.54, 1.807) is 18.5 Å². The summed E-state index contributed by atoms with van der Waals surface area (Å²) in [6, 6.07) is 0. The maximum absolute atomic E-state index is 11.8. The fourth-order valence-electron chi connectivity index (χ4n) is 1.87. The highest BCUT2D eigenvalue weighted by atomic mass is 16.1. The van der Waals surface area contributed by atoms with Crippen molar-refractivity contribution >= 4 is 17.7 Å². The van der Waals surface area contributed by atoms with E-state index in [-0.39, 0.29) is 5.91 Å². The van der Waals surface area contributed by atoms with E-state index in [2.05, 4.69) is 15.5 Å². The molecule has 0 aliphatic heterocycles. The van der Waals surface area contributed by atoms with E-state index in [9.17, 15) is 4.79 Å². The molecule has 1 N–H and O–H groups in total. The molecule has 6 nitrogen and oxygen atoms in total. The molecular weight excluding hydrogens is 254 g/mol. The Kier molecular flexibility index (Phi) is 4.34. The molecule has 1 amide bonds. The van der Waals surface area contributed by atoms with Gasteiger partial charge in [-0.25, -0.2) is 0 Å². The van der Waals surface area contributed by atoms with Gasteiger partial charge in [-0.1, -0.05) is 0 Å². The molecule has 6 heteroatoms. The number of carbonyl (C=O) groups excluding carboxylic acids is 1. The highest BCUT2D eigenvalue weighted by molar-refractivity contribution is 6.02. The lowest BCUT2D eigenvalue weighted by molar-refractivity contribution is -0.111. The minimum atomic E-state index is -0.173. The Labute approximate surface area is 118 Å². The first-order valence-corrected chi connectivity index (χ1v) is 6.68. The van der Waals surface area contributed by atoms with Crippen molar-refractivity contribution in [3.63, 3.8) is 0 Å². The minimum absolute atomic E-state index is 0.173. The van der Waals surface area contributed by atoms with Gasteiger partial charge in [0.1, 0.15) is 0 Å². The topological polar surface area (TPSA) is 64.7 Å². The van der Waals surface area contributed by atoms with Gasteiger partial charge in [-0.05, 0) is 26.8 Å². The second kappa shape index (κ2) is 6.18. The first kappa shape index (κ1) is 14.0. The lowest BCUT2D eigenvalue weighted by Gasteiger charge is -2.02. The summed E-state index contributed by atoms with van der Waals surface area (Å²) < 4.78 is 3.65. The number of carbonyl (C=O) groups is 1. The fraction of sp³-hybridized carbons (Fsp3) is 0.357. The summed E-state index contributed by atoms with van der Waals surface area (Å²) in [7, 11) is 0. The average molecular weight is 273 g/mol. The Morgan fingerprint density at radius 3 is 2.70 bits per heavy atom. The Hall–Kier alpha value is -2.37. The van der Waals surface area contributed by atoms with Crippen LogP contribution in [0.15, 0.2) is 24.7 Å². The number of nitrogens with one attached hydrogen (secondary N) is 1. The van der Waals surface area contributed by atoms with E-state index in [1.165, 1.54) is 6.08 Å². The zero-order valence-electron chi connectivity index (χ0n) is 12.0. The van der Waals surface area contributed by atoms with Crippen molar-refractivity contribution in [2.24, 2.45) is 0 Å². The first-order chi connectivity index (χ1) is 9.63. The molecule has 106 valence electrons. The van der Waals surface area contributed by atoms with Gasteiger partial charge < -0.3 is 5.32 Å². The van der Waals surface area contributed by atoms with Crippen molar-refractivity contribution in [3.8, 4) is 0 Å². The molecule has 0 fully saturated rings. The molecule has 0 unspecified atom stereocenters. The Balaban J connectivity index is 1.99. The molecule has 2 aromatic heterocycles. The van der Waals surface area contributed by atoms with Crippen LogP contribution < -0.4 is 5.32 Å². The van der Waals surface area contributed by atoms with Gasteiger partial charge >= 0.3 is 0 Å². The van der Waals surface area contributed by atoms with Crippen molar-refractivity contribution in [2.45, 2.75) is 33.9 Å². The van der Waals surface area contributed by atoms with Crippen molar-refractivity contribution < 1.29 is 4.79 Å².